The number of piperazine rings is 1. The van der Waals surface area contributed by atoms with Crippen molar-refractivity contribution >= 4 is 23.5 Å². The van der Waals surface area contributed by atoms with Gasteiger partial charge < -0.3 is 14.5 Å². The smallest absolute Gasteiger partial charge is 0.433 e. The predicted molar refractivity (Wildman–Crippen MR) is 113 cm³/mol. The van der Waals surface area contributed by atoms with Crippen LogP contribution in [0.15, 0.2) is 40.5 Å². The fourth-order valence-corrected chi connectivity index (χ4v) is 4.08. The molecule has 1 aromatic carbocycles. The summed E-state index contributed by atoms with van der Waals surface area (Å²) in [6, 6.07) is 3.73. The molecule has 0 unspecified atom stereocenters. The second-order valence-corrected chi connectivity index (χ2v) is 9.47. The van der Waals surface area contributed by atoms with Crippen molar-refractivity contribution in [2.24, 2.45) is 0 Å². The minimum atomic E-state index is -4.72. The fraction of sp³-hybridized carbons (Fsp3) is 0.476. The average molecular weight is 508 g/mol. The minimum Gasteiger partial charge on any atom is -0.444 e. The van der Waals surface area contributed by atoms with Crippen LogP contribution in [0.4, 0.5) is 36.8 Å². The number of halogens is 6. The number of alkyl halides is 6. The van der Waals surface area contributed by atoms with Crippen molar-refractivity contribution in [1.82, 2.24) is 14.9 Å². The van der Waals surface area contributed by atoms with Gasteiger partial charge >= 0.3 is 18.4 Å². The van der Waals surface area contributed by atoms with Crippen LogP contribution in [0.25, 0.3) is 0 Å². The van der Waals surface area contributed by atoms with Crippen molar-refractivity contribution in [3.8, 4) is 0 Å². The first-order chi connectivity index (χ1) is 15.6. The van der Waals surface area contributed by atoms with Gasteiger partial charge in [-0.1, -0.05) is 0 Å². The number of hydrogen-bond acceptors (Lipinski definition) is 6. The Labute approximate surface area is 196 Å². The molecule has 0 radical (unpaired) electrons. The highest BCUT2D eigenvalue weighted by Gasteiger charge is 2.34. The lowest BCUT2D eigenvalue weighted by Gasteiger charge is -2.37. The summed E-state index contributed by atoms with van der Waals surface area (Å²) in [5.74, 6) is 0. The molecule has 3 rings (SSSR count). The monoisotopic (exact) mass is 508 g/mol. The third-order valence-corrected chi connectivity index (χ3v) is 5.61. The molecule has 0 saturated carbocycles. The van der Waals surface area contributed by atoms with Gasteiger partial charge in [0.15, 0.2) is 5.16 Å². The molecule has 186 valence electrons. The molecule has 1 aromatic heterocycles. The minimum absolute atomic E-state index is 0.0554. The van der Waals surface area contributed by atoms with Crippen LogP contribution in [0, 0.1) is 0 Å². The summed E-state index contributed by atoms with van der Waals surface area (Å²) < 4.78 is 84.3. The van der Waals surface area contributed by atoms with Crippen LogP contribution in [0.2, 0.25) is 0 Å². The van der Waals surface area contributed by atoms with Gasteiger partial charge in [0.25, 0.3) is 0 Å². The van der Waals surface area contributed by atoms with Gasteiger partial charge in [0.05, 0.1) is 11.3 Å². The van der Waals surface area contributed by atoms with E-state index in [4.69, 9.17) is 4.74 Å². The second-order valence-electron chi connectivity index (χ2n) is 8.46. The van der Waals surface area contributed by atoms with Crippen molar-refractivity contribution in [3.05, 3.63) is 41.7 Å². The number of nitrogens with zero attached hydrogens (tertiary/aromatic N) is 4. The van der Waals surface area contributed by atoms with E-state index >= 15 is 0 Å². The summed E-state index contributed by atoms with van der Waals surface area (Å²) in [7, 11) is 0. The van der Waals surface area contributed by atoms with Crippen LogP contribution in [0.3, 0.4) is 0 Å². The van der Waals surface area contributed by atoms with Gasteiger partial charge in [0.2, 0.25) is 0 Å². The molecule has 0 spiro atoms. The molecule has 1 aliphatic rings. The molecule has 2 aromatic rings. The highest BCUT2D eigenvalue weighted by Crippen LogP contribution is 2.40. The summed E-state index contributed by atoms with van der Waals surface area (Å²) in [6.45, 7) is 6.33. The van der Waals surface area contributed by atoms with Crippen LogP contribution in [0.5, 0.6) is 0 Å². The molecule has 1 aliphatic heterocycles. The molecular weight excluding hydrogens is 486 g/mol. The van der Waals surface area contributed by atoms with Gasteiger partial charge in [-0.05, 0) is 56.8 Å². The molecule has 0 atom stereocenters. The third-order valence-electron chi connectivity index (χ3n) is 4.68. The molecule has 1 fully saturated rings. The van der Waals surface area contributed by atoms with Gasteiger partial charge in [0.1, 0.15) is 11.3 Å². The zero-order chi connectivity index (χ0) is 25.3. The van der Waals surface area contributed by atoms with E-state index in [9.17, 15) is 31.1 Å². The molecule has 0 aliphatic carbocycles. The zero-order valence-corrected chi connectivity index (χ0v) is 19.3. The van der Waals surface area contributed by atoms with Crippen LogP contribution in [-0.4, -0.2) is 52.7 Å². The first kappa shape index (κ1) is 25.9. The maximum atomic E-state index is 13.3. The van der Waals surface area contributed by atoms with E-state index < -0.39 is 35.3 Å². The Morgan fingerprint density at radius 2 is 1.62 bits per heavy atom. The molecule has 1 amide bonds. The highest BCUT2D eigenvalue weighted by atomic mass is 32.2. The van der Waals surface area contributed by atoms with Crippen LogP contribution >= 0.6 is 11.8 Å². The average Bonchev–Trinajstić information content (AvgIpc) is 2.71. The van der Waals surface area contributed by atoms with Gasteiger partial charge in [-0.15, -0.1) is 0 Å². The van der Waals surface area contributed by atoms with E-state index in [2.05, 4.69) is 9.97 Å². The van der Waals surface area contributed by atoms with Gasteiger partial charge in [-0.3, -0.25) is 0 Å². The van der Waals surface area contributed by atoms with E-state index in [1.807, 2.05) is 0 Å². The van der Waals surface area contributed by atoms with Gasteiger partial charge in [0, 0.05) is 37.3 Å². The van der Waals surface area contributed by atoms with Crippen molar-refractivity contribution in [2.75, 3.05) is 31.1 Å². The van der Waals surface area contributed by atoms with Crippen LogP contribution < -0.4 is 4.90 Å². The number of carbonyl (C=O) groups is 1. The number of aromatic nitrogens is 2. The van der Waals surface area contributed by atoms with E-state index in [1.54, 1.807) is 25.7 Å². The summed E-state index contributed by atoms with van der Waals surface area (Å²) in [5.41, 5.74) is -2.43. The summed E-state index contributed by atoms with van der Waals surface area (Å²) >= 11 is 0.614. The Hall–Kier alpha value is -2.70. The Balaban J connectivity index is 1.85. The lowest BCUT2D eigenvalue weighted by atomic mass is 10.1. The standard InChI is InChI=1S/C21H22F6N4O2S/c1-19(2,3)33-18(32)31-10-8-30(9-11-31)14-5-4-13(20(22,23)24)12-15(14)34-17-28-7-6-16(29-17)21(25,26)27/h4-7,12H,8-11H2,1-3H3. The number of amides is 1. The molecular formula is C21H22F6N4O2S. The van der Waals surface area contributed by atoms with Crippen molar-refractivity contribution in [1.29, 1.82) is 0 Å². The molecule has 2 heterocycles. The van der Waals surface area contributed by atoms with E-state index in [-0.39, 0.29) is 23.1 Å². The largest absolute Gasteiger partial charge is 0.444 e. The first-order valence-electron chi connectivity index (χ1n) is 10.2. The molecule has 0 N–H and O–H groups in total. The summed E-state index contributed by atoms with van der Waals surface area (Å²) in [6.07, 6.45) is -8.94. The maximum absolute atomic E-state index is 13.3. The third kappa shape index (κ3) is 6.67. The molecule has 0 bridgehead atoms. The normalized spacial score (nSPS) is 15.4. The van der Waals surface area contributed by atoms with Crippen molar-refractivity contribution in [3.63, 3.8) is 0 Å². The summed E-state index contributed by atoms with van der Waals surface area (Å²) in [5, 5.41) is -0.331. The van der Waals surface area contributed by atoms with E-state index in [0.29, 0.717) is 36.6 Å². The number of ether oxygens (including phenoxy) is 1. The molecule has 34 heavy (non-hydrogen) atoms. The maximum Gasteiger partial charge on any atom is 0.433 e. The summed E-state index contributed by atoms with van der Waals surface area (Å²) in [4.78, 5) is 22.8. The Bertz CT molecular complexity index is 1030. The molecule has 1 saturated heterocycles. The number of carbonyl (C=O) groups excluding carboxylic acids is 1. The lowest BCUT2D eigenvalue weighted by molar-refractivity contribution is -0.141. The van der Waals surface area contributed by atoms with Crippen LogP contribution in [-0.2, 0) is 17.1 Å². The van der Waals surface area contributed by atoms with Gasteiger partial charge in [-0.25, -0.2) is 14.8 Å². The molecule has 13 heteroatoms. The predicted octanol–water partition coefficient (Wildman–Crippen LogP) is 5.72. The quantitative estimate of drug-likeness (QED) is 0.390. The first-order valence-corrected chi connectivity index (χ1v) is 11.0. The van der Waals surface area contributed by atoms with Crippen molar-refractivity contribution in [2.45, 2.75) is 48.8 Å². The topological polar surface area (TPSA) is 58.6 Å². The fourth-order valence-electron chi connectivity index (χ4n) is 3.14. The number of benzene rings is 1. The Morgan fingerprint density at radius 3 is 2.18 bits per heavy atom. The number of rotatable bonds is 3. The van der Waals surface area contributed by atoms with Crippen LogP contribution in [0.1, 0.15) is 32.0 Å². The second kappa shape index (κ2) is 9.51. The number of hydrogen-bond donors (Lipinski definition) is 0. The van der Waals surface area contributed by atoms with E-state index in [0.717, 1.165) is 18.3 Å². The Morgan fingerprint density at radius 1 is 0.971 bits per heavy atom. The highest BCUT2D eigenvalue weighted by molar-refractivity contribution is 7.99. The van der Waals surface area contributed by atoms with E-state index in [1.165, 1.54) is 11.0 Å². The van der Waals surface area contributed by atoms with Crippen molar-refractivity contribution < 1.29 is 35.9 Å². The number of anilines is 1. The SMILES string of the molecule is CC(C)(C)OC(=O)N1CCN(c2ccc(C(F)(F)F)cc2Sc2nccc(C(F)(F)F)n2)CC1. The zero-order valence-electron chi connectivity index (χ0n) is 18.5. The lowest BCUT2D eigenvalue weighted by Crippen LogP contribution is -2.50. The van der Waals surface area contributed by atoms with Gasteiger partial charge in [-0.2, -0.15) is 26.3 Å². The Kier molecular flexibility index (Phi) is 7.25. The molecule has 6 nitrogen and oxygen atoms in total.